The number of hydrogen-bond acceptors (Lipinski definition) is 3. The van der Waals surface area contributed by atoms with Gasteiger partial charge in [0.25, 0.3) is 0 Å². The third-order valence-corrected chi connectivity index (χ3v) is 19.7. The van der Waals surface area contributed by atoms with Gasteiger partial charge in [-0.05, 0) is 184 Å². The predicted octanol–water partition coefficient (Wildman–Crippen LogP) is 16.0. The first kappa shape index (κ1) is 45.5. The van der Waals surface area contributed by atoms with Crippen molar-refractivity contribution in [1.82, 2.24) is 4.98 Å². The van der Waals surface area contributed by atoms with Crippen LogP contribution in [0.2, 0.25) is 0 Å². The van der Waals surface area contributed by atoms with E-state index in [9.17, 15) is 0 Å². The molecule has 0 spiro atoms. The van der Waals surface area contributed by atoms with Crippen molar-refractivity contribution in [3.63, 3.8) is 0 Å². The molecule has 1 aromatic heterocycles. The Morgan fingerprint density at radius 2 is 0.896 bits per heavy atom. The van der Waals surface area contributed by atoms with Gasteiger partial charge >= 0.3 is 7.12 Å². The van der Waals surface area contributed by atoms with Crippen LogP contribution in [0.4, 0.5) is 0 Å². The highest BCUT2D eigenvalue weighted by Crippen LogP contribution is 2.70. The zero-order chi connectivity index (χ0) is 46.1. The Morgan fingerprint density at radius 3 is 1.34 bits per heavy atom. The van der Waals surface area contributed by atoms with Gasteiger partial charge in [0.1, 0.15) is 0 Å². The van der Waals surface area contributed by atoms with Gasteiger partial charge in [-0.15, -0.1) is 0 Å². The van der Waals surface area contributed by atoms with Crippen LogP contribution in [0, 0.1) is 0 Å². The molecule has 5 fully saturated rings. The van der Waals surface area contributed by atoms with Crippen LogP contribution in [-0.4, -0.2) is 23.3 Å². The molecule has 350 valence electrons. The number of fused-ring (bicyclic) bond motifs is 6. The molecule has 0 N–H and O–H groups in total. The smallest absolute Gasteiger partial charge is 0.399 e. The summed E-state index contributed by atoms with van der Waals surface area (Å²) in [5.41, 5.74) is 19.9. The average Bonchev–Trinajstić information content (AvgIpc) is 4.14. The molecule has 67 heavy (non-hydrogen) atoms. The molecule has 2 heterocycles. The predicted molar refractivity (Wildman–Crippen MR) is 281 cm³/mol. The molecule has 0 unspecified atom stereocenters. The summed E-state index contributed by atoms with van der Waals surface area (Å²) in [6.45, 7) is 13.2. The summed E-state index contributed by atoms with van der Waals surface area (Å²) < 4.78 is 13.0. The number of aryl methyl sites for hydroxylation is 2. The fraction of sp³-hybridized carbons (Fsp3) is 0.540. The maximum Gasteiger partial charge on any atom is 0.494 e. The van der Waals surface area contributed by atoms with Gasteiger partial charge in [-0.25, -0.2) is 0 Å². The van der Waals surface area contributed by atoms with Crippen molar-refractivity contribution in [3.8, 4) is 33.5 Å². The summed E-state index contributed by atoms with van der Waals surface area (Å²) in [6.07, 6.45) is 31.2. The maximum atomic E-state index is 6.48. The quantitative estimate of drug-likeness (QED) is 0.0924. The van der Waals surface area contributed by atoms with E-state index in [1.54, 1.807) is 22.3 Å². The summed E-state index contributed by atoms with van der Waals surface area (Å²) in [4.78, 5) is 4.66. The Balaban J connectivity index is 0.000000148. The lowest BCUT2D eigenvalue weighted by Crippen LogP contribution is -2.44. The van der Waals surface area contributed by atoms with Gasteiger partial charge in [-0.3, -0.25) is 4.98 Å². The standard InChI is InChI=1S/C32H43BO2.C31H35N/c1-6-7-8-9-12-23-13-15-27-25(21-23)26-22-24(33-34-29(2,3)30(4,5)35-33)14-16-28(26)32-19-10-17-31(27,32)18-11-20-32;1-2-3-4-5-10-23-12-14-27-25(21-23)26-22-24(29-11-6-7-20-32-29)13-15-28(26)31-18-8-16-30(27,31)17-9-19-31/h13-16,21-22H,6-12,17-20H2,1-5H3;6-7,11-15,20-22H,2-5,8-10,16-19H2,1H3. The Hall–Kier alpha value is -3.99. The highest BCUT2D eigenvalue weighted by Gasteiger charge is 2.63. The molecule has 12 rings (SSSR count). The van der Waals surface area contributed by atoms with E-state index in [4.69, 9.17) is 9.31 Å². The molecule has 0 amide bonds. The monoisotopic (exact) mass is 892 g/mol. The van der Waals surface area contributed by atoms with Crippen LogP contribution >= 0.6 is 0 Å². The minimum absolute atomic E-state index is 0.303. The van der Waals surface area contributed by atoms with E-state index in [1.807, 2.05) is 12.3 Å². The first-order chi connectivity index (χ1) is 32.5. The van der Waals surface area contributed by atoms with E-state index in [0.717, 1.165) is 5.69 Å². The number of unbranched alkanes of at least 4 members (excludes halogenated alkanes) is 6. The number of pyridine rings is 1. The average molecular weight is 892 g/mol. The summed E-state index contributed by atoms with van der Waals surface area (Å²) in [5, 5.41) is 0. The second kappa shape index (κ2) is 17.5. The van der Waals surface area contributed by atoms with Gasteiger partial charge in [0.15, 0.2) is 0 Å². The van der Waals surface area contributed by atoms with Gasteiger partial charge in [-0.2, -0.15) is 0 Å². The lowest BCUT2D eigenvalue weighted by Gasteiger charge is -2.48. The summed E-state index contributed by atoms with van der Waals surface area (Å²) in [5.74, 6) is 0. The van der Waals surface area contributed by atoms with Gasteiger partial charge in [0.05, 0.1) is 16.9 Å². The van der Waals surface area contributed by atoms with E-state index in [0.29, 0.717) is 21.7 Å². The molecule has 0 bridgehead atoms. The van der Waals surface area contributed by atoms with Crippen molar-refractivity contribution in [3.05, 3.63) is 131 Å². The summed E-state index contributed by atoms with van der Waals surface area (Å²) >= 11 is 0. The zero-order valence-electron chi connectivity index (χ0n) is 42.1. The van der Waals surface area contributed by atoms with Crippen molar-refractivity contribution in [1.29, 1.82) is 0 Å². The molecule has 1 aliphatic heterocycles. The summed E-state index contributed by atoms with van der Waals surface area (Å²) in [6, 6.07) is 35.9. The molecular formula is C63H78BNO2. The van der Waals surface area contributed by atoms with Gasteiger partial charge in [0, 0.05) is 33.4 Å². The van der Waals surface area contributed by atoms with Crippen molar-refractivity contribution in [2.75, 3.05) is 0 Å². The van der Waals surface area contributed by atoms with Crippen LogP contribution in [0.5, 0.6) is 0 Å². The lowest BCUT2D eigenvalue weighted by atomic mass is 9.55. The van der Waals surface area contributed by atoms with Crippen molar-refractivity contribution in [2.24, 2.45) is 0 Å². The number of rotatable bonds is 12. The summed E-state index contributed by atoms with van der Waals surface area (Å²) in [7, 11) is -0.303. The molecule has 6 aliphatic carbocycles. The Morgan fingerprint density at radius 1 is 0.463 bits per heavy atom. The van der Waals surface area contributed by atoms with Crippen molar-refractivity contribution < 1.29 is 9.31 Å². The first-order valence-corrected chi connectivity index (χ1v) is 27.3. The highest BCUT2D eigenvalue weighted by molar-refractivity contribution is 6.62. The van der Waals surface area contributed by atoms with E-state index in [-0.39, 0.29) is 18.3 Å². The van der Waals surface area contributed by atoms with E-state index >= 15 is 0 Å². The van der Waals surface area contributed by atoms with Crippen LogP contribution in [0.3, 0.4) is 0 Å². The molecule has 7 aliphatic rings. The second-order valence-corrected chi connectivity index (χ2v) is 23.5. The molecule has 5 aromatic rings. The Kier molecular flexibility index (Phi) is 11.8. The maximum absolute atomic E-state index is 6.48. The van der Waals surface area contributed by atoms with E-state index < -0.39 is 0 Å². The largest absolute Gasteiger partial charge is 0.494 e. The lowest BCUT2D eigenvalue weighted by molar-refractivity contribution is 0.00578. The first-order valence-electron chi connectivity index (χ1n) is 27.3. The minimum Gasteiger partial charge on any atom is -0.399 e. The van der Waals surface area contributed by atoms with Crippen molar-refractivity contribution in [2.45, 2.75) is 216 Å². The molecule has 0 atom stereocenters. The van der Waals surface area contributed by atoms with E-state index in [1.165, 1.54) is 186 Å². The van der Waals surface area contributed by atoms with Gasteiger partial charge in [0.2, 0.25) is 0 Å². The van der Waals surface area contributed by atoms with Crippen LogP contribution in [-0.2, 0) is 43.8 Å². The van der Waals surface area contributed by atoms with Crippen LogP contribution < -0.4 is 5.46 Å². The topological polar surface area (TPSA) is 31.4 Å². The Labute approximate surface area is 404 Å². The Bertz CT molecular complexity index is 2590. The number of hydrogen-bond donors (Lipinski definition) is 0. The molecular weight excluding hydrogens is 814 g/mol. The molecule has 4 heteroatoms. The molecule has 3 nitrogen and oxygen atoms in total. The van der Waals surface area contributed by atoms with Crippen LogP contribution in [0.15, 0.2) is 97.2 Å². The third kappa shape index (κ3) is 7.13. The molecule has 4 aromatic carbocycles. The van der Waals surface area contributed by atoms with E-state index in [2.05, 4.69) is 131 Å². The van der Waals surface area contributed by atoms with Crippen molar-refractivity contribution >= 4 is 12.6 Å². The van der Waals surface area contributed by atoms with Gasteiger partial charge in [-0.1, -0.05) is 151 Å². The number of aromatic nitrogens is 1. The van der Waals surface area contributed by atoms with Crippen LogP contribution in [0.1, 0.15) is 203 Å². The molecule has 1 saturated heterocycles. The normalized spacial score (nSPS) is 27.5. The minimum atomic E-state index is -0.318. The van der Waals surface area contributed by atoms with Crippen LogP contribution in [0.25, 0.3) is 33.5 Å². The second-order valence-electron chi connectivity index (χ2n) is 23.5. The third-order valence-electron chi connectivity index (χ3n) is 19.7. The number of nitrogens with zero attached hydrogens (tertiary/aromatic N) is 1. The zero-order valence-corrected chi connectivity index (χ0v) is 42.1. The fourth-order valence-corrected chi connectivity index (χ4v) is 15.8. The number of benzene rings is 4. The highest BCUT2D eigenvalue weighted by atomic mass is 16.7. The molecule has 0 radical (unpaired) electrons. The molecule has 4 saturated carbocycles. The SMILES string of the molecule is CCCCCCc1ccc2c(c1)-c1cc(-c3ccccn3)ccc1C13CCCC21CCC3.CCCCCCc1ccc2c(c1)-c1cc(B3OC(C)(C)C(C)(C)O3)ccc1C13CCCC21CCC3. The fourth-order valence-electron chi connectivity index (χ4n) is 15.8. The van der Waals surface area contributed by atoms with Gasteiger partial charge < -0.3 is 9.31 Å².